The molecule has 1 amide bonds. The zero-order valence-corrected chi connectivity index (χ0v) is 8.00. The lowest BCUT2D eigenvalue weighted by molar-refractivity contribution is -0.117. The van der Waals surface area contributed by atoms with Crippen LogP contribution in [0.3, 0.4) is 0 Å². The lowest BCUT2D eigenvalue weighted by atomic mass is 10.2. The zero-order chi connectivity index (χ0) is 8.97. The molecule has 2 N–H and O–H groups in total. The van der Waals surface area contributed by atoms with E-state index in [4.69, 9.17) is 10.5 Å². The first-order valence-corrected chi connectivity index (χ1v) is 3.49. The highest BCUT2D eigenvalue weighted by Crippen LogP contribution is 2.06. The van der Waals surface area contributed by atoms with Crippen molar-refractivity contribution in [1.29, 1.82) is 0 Å². The highest BCUT2D eigenvalue weighted by atomic mass is 35.5. The molecule has 0 bridgehead atoms. The van der Waals surface area contributed by atoms with Crippen molar-refractivity contribution < 1.29 is 9.53 Å². The minimum Gasteiger partial charge on any atom is -0.481 e. The van der Waals surface area contributed by atoms with Crippen molar-refractivity contribution in [3.05, 3.63) is 23.9 Å². The Morgan fingerprint density at radius 1 is 1.62 bits per heavy atom. The van der Waals surface area contributed by atoms with E-state index in [1.807, 2.05) is 0 Å². The number of hydrogen-bond acceptors (Lipinski definition) is 3. The van der Waals surface area contributed by atoms with E-state index in [1.54, 1.807) is 18.3 Å². The summed E-state index contributed by atoms with van der Waals surface area (Å²) >= 11 is 0. The van der Waals surface area contributed by atoms with Crippen LogP contribution < -0.4 is 10.5 Å². The molecule has 0 radical (unpaired) electrons. The fourth-order valence-corrected chi connectivity index (χ4v) is 0.837. The van der Waals surface area contributed by atoms with Gasteiger partial charge < -0.3 is 10.5 Å². The predicted octanol–water partition coefficient (Wildman–Crippen LogP) is 0.540. The van der Waals surface area contributed by atoms with E-state index in [9.17, 15) is 4.79 Å². The third-order valence-electron chi connectivity index (χ3n) is 1.39. The summed E-state index contributed by atoms with van der Waals surface area (Å²) in [6.45, 7) is 0. The van der Waals surface area contributed by atoms with Crippen LogP contribution in [0.5, 0.6) is 5.88 Å². The summed E-state index contributed by atoms with van der Waals surface area (Å²) in [5.74, 6) is 0.171. The summed E-state index contributed by atoms with van der Waals surface area (Å²) in [4.78, 5) is 14.4. The Labute approximate surface area is 82.5 Å². The van der Waals surface area contributed by atoms with Gasteiger partial charge in [-0.25, -0.2) is 4.98 Å². The van der Waals surface area contributed by atoms with Gasteiger partial charge in [0.25, 0.3) is 0 Å². The van der Waals surface area contributed by atoms with Gasteiger partial charge in [-0.2, -0.15) is 0 Å². The van der Waals surface area contributed by atoms with Crippen LogP contribution in [-0.2, 0) is 11.2 Å². The van der Waals surface area contributed by atoms with Gasteiger partial charge >= 0.3 is 0 Å². The SMILES string of the molecule is COc1ccc(CC(N)=O)cn1.Cl. The molecule has 4 nitrogen and oxygen atoms in total. The van der Waals surface area contributed by atoms with Gasteiger partial charge in [-0.1, -0.05) is 6.07 Å². The number of halogens is 1. The molecule has 0 atom stereocenters. The second-order valence-corrected chi connectivity index (χ2v) is 2.35. The molecule has 1 aromatic heterocycles. The standard InChI is InChI=1S/C8H10N2O2.ClH/c1-12-8-3-2-6(5-10-8)4-7(9)11;/h2-3,5H,4H2,1H3,(H2,9,11);1H. The Bertz CT molecular complexity index is 274. The highest BCUT2D eigenvalue weighted by molar-refractivity contribution is 5.85. The molecule has 1 rings (SSSR count). The van der Waals surface area contributed by atoms with Crippen molar-refractivity contribution in [3.8, 4) is 5.88 Å². The van der Waals surface area contributed by atoms with Crippen molar-refractivity contribution in [3.63, 3.8) is 0 Å². The van der Waals surface area contributed by atoms with Crippen LogP contribution in [0, 0.1) is 0 Å². The maximum absolute atomic E-state index is 10.5. The van der Waals surface area contributed by atoms with Crippen LogP contribution in [0.15, 0.2) is 18.3 Å². The average Bonchev–Trinajstić information content (AvgIpc) is 2.05. The van der Waals surface area contributed by atoms with Gasteiger partial charge in [-0.15, -0.1) is 12.4 Å². The number of rotatable bonds is 3. The predicted molar refractivity (Wildman–Crippen MR) is 50.9 cm³/mol. The van der Waals surface area contributed by atoms with Crippen LogP contribution in [0.1, 0.15) is 5.56 Å². The summed E-state index contributed by atoms with van der Waals surface area (Å²) in [7, 11) is 1.54. The topological polar surface area (TPSA) is 65.2 Å². The van der Waals surface area contributed by atoms with Crippen molar-refractivity contribution in [1.82, 2.24) is 4.98 Å². The molecule has 0 unspecified atom stereocenters. The average molecular weight is 203 g/mol. The largest absolute Gasteiger partial charge is 0.481 e. The molecule has 0 fully saturated rings. The van der Waals surface area contributed by atoms with E-state index in [1.165, 1.54) is 7.11 Å². The van der Waals surface area contributed by atoms with E-state index < -0.39 is 0 Å². The molecule has 0 aliphatic carbocycles. The van der Waals surface area contributed by atoms with Gasteiger partial charge in [0.15, 0.2) is 0 Å². The van der Waals surface area contributed by atoms with Gasteiger partial charge in [-0.3, -0.25) is 4.79 Å². The molecule has 1 heterocycles. The van der Waals surface area contributed by atoms with E-state index in [0.717, 1.165) is 5.56 Å². The number of methoxy groups -OCH3 is 1. The summed E-state index contributed by atoms with van der Waals surface area (Å²) in [6.07, 6.45) is 1.79. The number of hydrogen-bond donors (Lipinski definition) is 1. The smallest absolute Gasteiger partial charge is 0.221 e. The lowest BCUT2D eigenvalue weighted by Crippen LogP contribution is -2.13. The Morgan fingerprint density at radius 3 is 2.69 bits per heavy atom. The molecule has 0 spiro atoms. The maximum atomic E-state index is 10.5. The van der Waals surface area contributed by atoms with Crippen LogP contribution in [-0.4, -0.2) is 18.0 Å². The van der Waals surface area contributed by atoms with Crippen LogP contribution in [0.4, 0.5) is 0 Å². The van der Waals surface area contributed by atoms with Crippen LogP contribution in [0.25, 0.3) is 0 Å². The van der Waals surface area contributed by atoms with E-state index in [0.29, 0.717) is 5.88 Å². The molecule has 0 saturated carbocycles. The third-order valence-corrected chi connectivity index (χ3v) is 1.39. The van der Waals surface area contributed by atoms with Crippen molar-refractivity contribution >= 4 is 18.3 Å². The summed E-state index contributed by atoms with van der Waals surface area (Å²) in [6, 6.07) is 3.45. The first kappa shape index (κ1) is 11.7. The Kier molecular flexibility index (Phi) is 4.84. The van der Waals surface area contributed by atoms with Gasteiger partial charge in [-0.05, 0) is 5.56 Å². The fourth-order valence-electron chi connectivity index (χ4n) is 0.837. The number of amides is 1. The lowest BCUT2D eigenvalue weighted by Gasteiger charge is -1.99. The highest BCUT2D eigenvalue weighted by Gasteiger charge is 1.98. The number of carbonyl (C=O) groups is 1. The Balaban J connectivity index is 0.00000144. The van der Waals surface area contributed by atoms with E-state index >= 15 is 0 Å². The summed E-state index contributed by atoms with van der Waals surface area (Å²) in [5.41, 5.74) is 5.79. The Hall–Kier alpha value is -1.29. The number of aromatic nitrogens is 1. The minimum absolute atomic E-state index is 0. The number of carbonyl (C=O) groups excluding carboxylic acids is 1. The fraction of sp³-hybridized carbons (Fsp3) is 0.250. The van der Waals surface area contributed by atoms with E-state index in [2.05, 4.69) is 4.98 Å². The maximum Gasteiger partial charge on any atom is 0.221 e. The van der Waals surface area contributed by atoms with Gasteiger partial charge in [0.05, 0.1) is 13.5 Å². The number of ether oxygens (including phenoxy) is 1. The molecule has 0 saturated heterocycles. The van der Waals surface area contributed by atoms with Crippen molar-refractivity contribution in [2.24, 2.45) is 5.73 Å². The molecule has 72 valence electrons. The monoisotopic (exact) mass is 202 g/mol. The second kappa shape index (κ2) is 5.37. The Morgan fingerprint density at radius 2 is 2.31 bits per heavy atom. The first-order valence-electron chi connectivity index (χ1n) is 3.49. The third kappa shape index (κ3) is 3.75. The minimum atomic E-state index is -0.359. The molecular formula is C8H11ClN2O2. The quantitative estimate of drug-likeness (QED) is 0.778. The van der Waals surface area contributed by atoms with Crippen molar-refractivity contribution in [2.45, 2.75) is 6.42 Å². The van der Waals surface area contributed by atoms with Gasteiger partial charge in [0.2, 0.25) is 11.8 Å². The molecular weight excluding hydrogens is 192 g/mol. The summed E-state index contributed by atoms with van der Waals surface area (Å²) < 4.78 is 4.85. The molecule has 0 aliphatic heterocycles. The normalized spacial score (nSPS) is 8.69. The molecule has 0 aliphatic rings. The molecule has 1 aromatic rings. The van der Waals surface area contributed by atoms with Gasteiger partial charge in [0, 0.05) is 12.3 Å². The zero-order valence-electron chi connectivity index (χ0n) is 7.19. The van der Waals surface area contributed by atoms with Crippen LogP contribution >= 0.6 is 12.4 Å². The number of primary amides is 1. The second-order valence-electron chi connectivity index (χ2n) is 2.35. The van der Waals surface area contributed by atoms with Gasteiger partial charge in [0.1, 0.15) is 0 Å². The first-order chi connectivity index (χ1) is 5.72. The van der Waals surface area contributed by atoms with E-state index in [-0.39, 0.29) is 24.7 Å². The molecule has 13 heavy (non-hydrogen) atoms. The molecule has 0 aromatic carbocycles. The number of pyridine rings is 1. The number of nitrogens with two attached hydrogens (primary N) is 1. The molecule has 5 heteroatoms. The number of nitrogens with zero attached hydrogens (tertiary/aromatic N) is 1. The van der Waals surface area contributed by atoms with Crippen molar-refractivity contribution in [2.75, 3.05) is 7.11 Å². The summed E-state index contributed by atoms with van der Waals surface area (Å²) in [5, 5.41) is 0. The van der Waals surface area contributed by atoms with Crippen LogP contribution in [0.2, 0.25) is 0 Å².